The Balaban J connectivity index is 2.01. The molecule has 0 radical (unpaired) electrons. The number of rotatable bonds is 3. The van der Waals surface area contributed by atoms with Gasteiger partial charge in [0.15, 0.2) is 0 Å². The number of nitrogens with one attached hydrogen (secondary N) is 1. The van der Waals surface area contributed by atoms with Gasteiger partial charge in [0.25, 0.3) is 5.56 Å². The van der Waals surface area contributed by atoms with E-state index in [2.05, 4.69) is 15.1 Å². The van der Waals surface area contributed by atoms with Gasteiger partial charge in [-0.3, -0.25) is 4.79 Å². The molecule has 1 saturated heterocycles. The predicted molar refractivity (Wildman–Crippen MR) is 61.7 cm³/mol. The molecular formula is C11H17N3O2. The number of hydrogen-bond acceptors (Lipinski definition) is 4. The largest absolute Gasteiger partial charge is 0.374 e. The van der Waals surface area contributed by atoms with Crippen molar-refractivity contribution in [2.24, 2.45) is 0 Å². The molecule has 1 fully saturated rings. The molecule has 1 aliphatic rings. The lowest BCUT2D eigenvalue weighted by Gasteiger charge is -2.18. The Morgan fingerprint density at radius 2 is 2.44 bits per heavy atom. The zero-order valence-electron chi connectivity index (χ0n) is 9.64. The minimum absolute atomic E-state index is 0.161. The molecule has 0 saturated carbocycles. The van der Waals surface area contributed by atoms with Crippen LogP contribution in [0.1, 0.15) is 20.3 Å². The predicted octanol–water partition coefficient (Wildman–Crippen LogP) is 0.774. The van der Waals surface area contributed by atoms with E-state index in [-0.39, 0.29) is 17.8 Å². The molecule has 5 heteroatoms. The molecular weight excluding hydrogens is 206 g/mol. The SMILES string of the molecule is CC(C)O[C@@H]1CCN(c2cn[nH]c(=O)c2)C1. The molecule has 88 valence electrons. The van der Waals surface area contributed by atoms with Crippen molar-refractivity contribution >= 4 is 5.69 Å². The maximum absolute atomic E-state index is 11.1. The summed E-state index contributed by atoms with van der Waals surface area (Å²) < 4.78 is 5.75. The van der Waals surface area contributed by atoms with Crippen LogP contribution in [-0.4, -0.2) is 35.5 Å². The summed E-state index contributed by atoms with van der Waals surface area (Å²) in [6.45, 7) is 5.83. The van der Waals surface area contributed by atoms with Crippen molar-refractivity contribution in [2.75, 3.05) is 18.0 Å². The lowest BCUT2D eigenvalue weighted by atomic mass is 10.3. The average molecular weight is 223 g/mol. The Morgan fingerprint density at radius 1 is 1.62 bits per heavy atom. The second-order valence-electron chi connectivity index (χ2n) is 4.34. The second kappa shape index (κ2) is 4.65. The lowest BCUT2D eigenvalue weighted by molar-refractivity contribution is 0.0210. The Morgan fingerprint density at radius 3 is 3.12 bits per heavy atom. The van der Waals surface area contributed by atoms with Crippen LogP contribution in [0.15, 0.2) is 17.1 Å². The third-order valence-electron chi connectivity index (χ3n) is 2.63. The molecule has 0 bridgehead atoms. The fraction of sp³-hybridized carbons (Fsp3) is 0.636. The van der Waals surface area contributed by atoms with Crippen molar-refractivity contribution in [3.63, 3.8) is 0 Å². The fourth-order valence-electron chi connectivity index (χ4n) is 2.00. The first kappa shape index (κ1) is 11.1. The summed E-state index contributed by atoms with van der Waals surface area (Å²) in [5, 5.41) is 6.17. The summed E-state index contributed by atoms with van der Waals surface area (Å²) in [7, 11) is 0. The number of aromatic nitrogens is 2. The van der Waals surface area contributed by atoms with Crippen LogP contribution in [0, 0.1) is 0 Å². The van der Waals surface area contributed by atoms with Crippen LogP contribution in [0.25, 0.3) is 0 Å². The van der Waals surface area contributed by atoms with Gasteiger partial charge in [-0.2, -0.15) is 5.10 Å². The van der Waals surface area contributed by atoms with E-state index in [1.807, 2.05) is 13.8 Å². The molecule has 0 aromatic carbocycles. The summed E-state index contributed by atoms with van der Waals surface area (Å²) in [6, 6.07) is 1.57. The van der Waals surface area contributed by atoms with Crippen molar-refractivity contribution < 1.29 is 4.74 Å². The van der Waals surface area contributed by atoms with Crippen LogP contribution in [0.5, 0.6) is 0 Å². The van der Waals surface area contributed by atoms with Gasteiger partial charge in [-0.05, 0) is 20.3 Å². The van der Waals surface area contributed by atoms with E-state index < -0.39 is 0 Å². The number of ether oxygens (including phenoxy) is 1. The van der Waals surface area contributed by atoms with Crippen molar-refractivity contribution in [2.45, 2.75) is 32.5 Å². The molecule has 0 aliphatic carbocycles. The first-order valence-corrected chi connectivity index (χ1v) is 5.60. The van der Waals surface area contributed by atoms with Gasteiger partial charge in [0.05, 0.1) is 24.1 Å². The minimum atomic E-state index is -0.161. The number of aromatic amines is 1. The topological polar surface area (TPSA) is 58.2 Å². The molecule has 1 N–H and O–H groups in total. The summed E-state index contributed by atoms with van der Waals surface area (Å²) in [5.41, 5.74) is 0.712. The molecule has 0 spiro atoms. The van der Waals surface area contributed by atoms with Gasteiger partial charge in [0.2, 0.25) is 0 Å². The lowest BCUT2D eigenvalue weighted by Crippen LogP contribution is -2.25. The van der Waals surface area contributed by atoms with Crippen molar-refractivity contribution in [3.05, 3.63) is 22.6 Å². The Kier molecular flexibility index (Phi) is 3.24. The number of H-pyrrole nitrogens is 1. The number of hydrogen-bond donors (Lipinski definition) is 1. The maximum Gasteiger partial charge on any atom is 0.266 e. The van der Waals surface area contributed by atoms with E-state index in [1.54, 1.807) is 12.3 Å². The molecule has 1 aliphatic heterocycles. The van der Waals surface area contributed by atoms with Gasteiger partial charge in [-0.1, -0.05) is 0 Å². The average Bonchev–Trinajstić information content (AvgIpc) is 2.65. The van der Waals surface area contributed by atoms with Gasteiger partial charge in [-0.25, -0.2) is 5.10 Å². The smallest absolute Gasteiger partial charge is 0.266 e. The summed E-state index contributed by atoms with van der Waals surface area (Å²) in [5.74, 6) is 0. The summed E-state index contributed by atoms with van der Waals surface area (Å²) >= 11 is 0. The van der Waals surface area contributed by atoms with E-state index in [0.717, 1.165) is 25.2 Å². The molecule has 2 heterocycles. The monoisotopic (exact) mass is 223 g/mol. The van der Waals surface area contributed by atoms with E-state index in [9.17, 15) is 4.79 Å². The van der Waals surface area contributed by atoms with E-state index in [4.69, 9.17) is 4.74 Å². The van der Waals surface area contributed by atoms with Gasteiger partial charge in [0.1, 0.15) is 0 Å². The molecule has 1 atom stereocenters. The molecule has 16 heavy (non-hydrogen) atoms. The Labute approximate surface area is 94.4 Å². The van der Waals surface area contributed by atoms with Crippen LogP contribution in [0.3, 0.4) is 0 Å². The maximum atomic E-state index is 11.1. The fourth-order valence-corrected chi connectivity index (χ4v) is 2.00. The molecule has 0 unspecified atom stereocenters. The van der Waals surface area contributed by atoms with E-state index in [1.165, 1.54) is 0 Å². The minimum Gasteiger partial charge on any atom is -0.374 e. The number of nitrogens with zero attached hydrogens (tertiary/aromatic N) is 2. The van der Waals surface area contributed by atoms with Crippen LogP contribution in [0.2, 0.25) is 0 Å². The molecule has 1 aromatic heterocycles. The van der Waals surface area contributed by atoms with Gasteiger partial charge >= 0.3 is 0 Å². The Hall–Kier alpha value is -1.36. The van der Waals surface area contributed by atoms with Crippen LogP contribution in [-0.2, 0) is 4.74 Å². The van der Waals surface area contributed by atoms with E-state index >= 15 is 0 Å². The standard InChI is InChI=1S/C11H17N3O2/c1-8(2)16-10-3-4-14(7-10)9-5-11(15)13-12-6-9/h5-6,8,10H,3-4,7H2,1-2H3,(H,13,15)/t10-/m1/s1. The number of anilines is 1. The van der Waals surface area contributed by atoms with Crippen LogP contribution in [0.4, 0.5) is 5.69 Å². The third kappa shape index (κ3) is 2.61. The molecule has 0 amide bonds. The second-order valence-corrected chi connectivity index (χ2v) is 4.34. The third-order valence-corrected chi connectivity index (χ3v) is 2.63. The first-order valence-electron chi connectivity index (χ1n) is 5.60. The highest BCUT2D eigenvalue weighted by molar-refractivity contribution is 5.44. The van der Waals surface area contributed by atoms with Crippen molar-refractivity contribution in [1.29, 1.82) is 0 Å². The van der Waals surface area contributed by atoms with Gasteiger partial charge in [0, 0.05) is 19.2 Å². The van der Waals surface area contributed by atoms with Crippen molar-refractivity contribution in [3.8, 4) is 0 Å². The quantitative estimate of drug-likeness (QED) is 0.822. The highest BCUT2D eigenvalue weighted by Gasteiger charge is 2.24. The summed E-state index contributed by atoms with van der Waals surface area (Å²) in [4.78, 5) is 13.3. The normalized spacial score (nSPS) is 20.7. The zero-order valence-corrected chi connectivity index (χ0v) is 9.64. The highest BCUT2D eigenvalue weighted by atomic mass is 16.5. The van der Waals surface area contributed by atoms with Gasteiger partial charge < -0.3 is 9.64 Å². The Bertz CT molecular complexity index is 402. The van der Waals surface area contributed by atoms with Crippen LogP contribution >= 0.6 is 0 Å². The highest BCUT2D eigenvalue weighted by Crippen LogP contribution is 2.20. The van der Waals surface area contributed by atoms with Gasteiger partial charge in [-0.15, -0.1) is 0 Å². The summed E-state index contributed by atoms with van der Waals surface area (Å²) in [6.07, 6.45) is 3.20. The molecule has 2 rings (SSSR count). The zero-order chi connectivity index (χ0) is 11.5. The molecule has 5 nitrogen and oxygen atoms in total. The van der Waals surface area contributed by atoms with E-state index in [0.29, 0.717) is 0 Å². The first-order chi connectivity index (χ1) is 7.65. The van der Waals surface area contributed by atoms with Crippen molar-refractivity contribution in [1.82, 2.24) is 10.2 Å². The van der Waals surface area contributed by atoms with Crippen LogP contribution < -0.4 is 10.5 Å². The molecule has 1 aromatic rings.